The van der Waals surface area contributed by atoms with E-state index >= 15 is 0 Å². The van der Waals surface area contributed by atoms with E-state index < -0.39 is 0 Å². The summed E-state index contributed by atoms with van der Waals surface area (Å²) in [7, 11) is 0. The van der Waals surface area contributed by atoms with Crippen LogP contribution in [0.15, 0.2) is 30.6 Å². The molecule has 0 aliphatic carbocycles. The number of nitrogens with zero attached hydrogens (tertiary/aromatic N) is 2. The number of benzene rings is 1. The van der Waals surface area contributed by atoms with E-state index in [-0.39, 0.29) is 5.78 Å². The van der Waals surface area contributed by atoms with E-state index in [1.165, 1.54) is 5.56 Å². The van der Waals surface area contributed by atoms with E-state index in [0.717, 1.165) is 11.3 Å². The van der Waals surface area contributed by atoms with Crippen molar-refractivity contribution in [3.05, 3.63) is 47.3 Å². The molecule has 0 amide bonds. The summed E-state index contributed by atoms with van der Waals surface area (Å²) in [6, 6.07) is 6.18. The number of rotatable bonds is 2. The van der Waals surface area contributed by atoms with Gasteiger partial charge >= 0.3 is 0 Å². The first kappa shape index (κ1) is 10.6. The zero-order chi connectivity index (χ0) is 11.7. The second-order valence-electron chi connectivity index (χ2n) is 4.02. The van der Waals surface area contributed by atoms with Gasteiger partial charge in [-0.25, -0.2) is 4.68 Å². The Morgan fingerprint density at radius 1 is 1.31 bits per heavy atom. The number of ketones is 1. The number of carbonyl (C=O) groups is 1. The monoisotopic (exact) mass is 214 g/mol. The second-order valence-corrected chi connectivity index (χ2v) is 4.02. The van der Waals surface area contributed by atoms with Gasteiger partial charge in [0, 0.05) is 6.20 Å². The van der Waals surface area contributed by atoms with Gasteiger partial charge in [-0.15, -0.1) is 0 Å². The summed E-state index contributed by atoms with van der Waals surface area (Å²) in [5, 5.41) is 4.21. The molecule has 0 fully saturated rings. The smallest absolute Gasteiger partial charge is 0.162 e. The molecule has 0 aliphatic rings. The third kappa shape index (κ3) is 1.89. The minimum Gasteiger partial charge on any atom is -0.294 e. The maximum atomic E-state index is 11.2. The number of aromatic nitrogens is 2. The Kier molecular flexibility index (Phi) is 2.60. The minimum absolute atomic E-state index is 0.0385. The number of Topliss-reactive ketones (excluding diaryl/α,β-unsaturated/α-hetero) is 1. The van der Waals surface area contributed by atoms with Gasteiger partial charge in [-0.05, 0) is 38.0 Å². The molecule has 0 saturated carbocycles. The fourth-order valence-corrected chi connectivity index (χ4v) is 1.60. The van der Waals surface area contributed by atoms with E-state index in [2.05, 4.69) is 23.3 Å². The molecule has 0 unspecified atom stereocenters. The Balaban J connectivity index is 2.50. The number of hydrogen-bond acceptors (Lipinski definition) is 2. The van der Waals surface area contributed by atoms with Crippen molar-refractivity contribution in [2.75, 3.05) is 0 Å². The van der Waals surface area contributed by atoms with Crippen molar-refractivity contribution in [1.82, 2.24) is 9.78 Å². The lowest BCUT2D eigenvalue weighted by molar-refractivity contribution is 0.101. The van der Waals surface area contributed by atoms with E-state index in [4.69, 9.17) is 0 Å². The third-order valence-corrected chi connectivity index (χ3v) is 2.60. The zero-order valence-corrected chi connectivity index (χ0v) is 9.69. The fourth-order valence-electron chi connectivity index (χ4n) is 1.60. The molecule has 3 nitrogen and oxygen atoms in total. The van der Waals surface area contributed by atoms with E-state index in [1.807, 2.05) is 13.8 Å². The maximum absolute atomic E-state index is 11.2. The van der Waals surface area contributed by atoms with Crippen LogP contribution in [0.3, 0.4) is 0 Å². The first-order valence-electron chi connectivity index (χ1n) is 5.21. The summed E-state index contributed by atoms with van der Waals surface area (Å²) in [6.45, 7) is 5.62. The molecule has 0 radical (unpaired) electrons. The molecular weight excluding hydrogens is 200 g/mol. The average Bonchev–Trinajstić information content (AvgIpc) is 2.70. The van der Waals surface area contributed by atoms with Crippen LogP contribution >= 0.6 is 0 Å². The van der Waals surface area contributed by atoms with Crippen molar-refractivity contribution in [3.63, 3.8) is 0 Å². The molecule has 16 heavy (non-hydrogen) atoms. The van der Waals surface area contributed by atoms with Gasteiger partial charge in [0.1, 0.15) is 0 Å². The van der Waals surface area contributed by atoms with E-state index in [1.54, 1.807) is 24.0 Å². The summed E-state index contributed by atoms with van der Waals surface area (Å²) in [5.41, 5.74) is 3.98. The molecule has 0 bridgehead atoms. The summed E-state index contributed by atoms with van der Waals surface area (Å²) < 4.78 is 1.75. The Morgan fingerprint density at radius 2 is 2.06 bits per heavy atom. The molecule has 1 heterocycles. The maximum Gasteiger partial charge on any atom is 0.162 e. The Hall–Kier alpha value is -1.90. The van der Waals surface area contributed by atoms with Crippen molar-refractivity contribution < 1.29 is 4.79 Å². The van der Waals surface area contributed by atoms with Crippen molar-refractivity contribution in [2.45, 2.75) is 20.8 Å². The predicted molar refractivity (Wildman–Crippen MR) is 63.0 cm³/mol. The summed E-state index contributed by atoms with van der Waals surface area (Å²) >= 11 is 0. The highest BCUT2D eigenvalue weighted by molar-refractivity contribution is 5.93. The van der Waals surface area contributed by atoms with Crippen LogP contribution < -0.4 is 0 Å². The Bertz CT molecular complexity index is 541. The Labute approximate surface area is 94.7 Å². The largest absolute Gasteiger partial charge is 0.294 e. The number of carbonyl (C=O) groups excluding carboxylic acids is 1. The van der Waals surface area contributed by atoms with Crippen molar-refractivity contribution in [2.24, 2.45) is 0 Å². The molecule has 82 valence electrons. The van der Waals surface area contributed by atoms with Gasteiger partial charge in [0.05, 0.1) is 17.4 Å². The summed E-state index contributed by atoms with van der Waals surface area (Å²) in [5.74, 6) is 0.0385. The summed E-state index contributed by atoms with van der Waals surface area (Å²) in [6.07, 6.45) is 3.37. The lowest BCUT2D eigenvalue weighted by Gasteiger charge is -2.06. The quantitative estimate of drug-likeness (QED) is 0.720. The molecule has 0 atom stereocenters. The van der Waals surface area contributed by atoms with Crippen LogP contribution in [0.4, 0.5) is 0 Å². The first-order chi connectivity index (χ1) is 7.58. The van der Waals surface area contributed by atoms with Gasteiger partial charge in [0.2, 0.25) is 0 Å². The van der Waals surface area contributed by atoms with Gasteiger partial charge in [-0.3, -0.25) is 4.79 Å². The molecule has 1 aromatic heterocycles. The van der Waals surface area contributed by atoms with Crippen LogP contribution in [-0.4, -0.2) is 15.6 Å². The predicted octanol–water partition coefficient (Wildman–Crippen LogP) is 2.69. The minimum atomic E-state index is 0.0385. The molecule has 3 heteroatoms. The van der Waals surface area contributed by atoms with Crippen molar-refractivity contribution >= 4 is 5.78 Å². The fraction of sp³-hybridized carbons (Fsp3) is 0.231. The number of aryl methyl sites for hydroxylation is 2. The van der Waals surface area contributed by atoms with Crippen LogP contribution in [0.5, 0.6) is 0 Å². The third-order valence-electron chi connectivity index (χ3n) is 2.60. The van der Waals surface area contributed by atoms with Gasteiger partial charge in [0.15, 0.2) is 5.78 Å². The van der Waals surface area contributed by atoms with Crippen LogP contribution in [-0.2, 0) is 0 Å². The molecule has 2 aromatic rings. The highest BCUT2D eigenvalue weighted by Crippen LogP contribution is 2.15. The van der Waals surface area contributed by atoms with Crippen molar-refractivity contribution in [1.29, 1.82) is 0 Å². The standard InChI is InChI=1S/C13H14N2O/c1-9-4-5-10(2)13(6-9)15-8-12(7-14-15)11(3)16/h4-8H,1-3H3. The van der Waals surface area contributed by atoms with Crippen LogP contribution in [0.1, 0.15) is 28.4 Å². The second kappa shape index (κ2) is 3.93. The van der Waals surface area contributed by atoms with Gasteiger partial charge in [-0.1, -0.05) is 12.1 Å². The topological polar surface area (TPSA) is 34.9 Å². The molecule has 0 saturated heterocycles. The van der Waals surface area contributed by atoms with Crippen molar-refractivity contribution in [3.8, 4) is 5.69 Å². The van der Waals surface area contributed by atoms with E-state index in [9.17, 15) is 4.79 Å². The zero-order valence-electron chi connectivity index (χ0n) is 9.69. The molecule has 2 rings (SSSR count). The molecule has 0 spiro atoms. The highest BCUT2D eigenvalue weighted by atomic mass is 16.1. The summed E-state index contributed by atoms with van der Waals surface area (Å²) in [4.78, 5) is 11.2. The van der Waals surface area contributed by atoms with Gasteiger partial charge in [0.25, 0.3) is 0 Å². The van der Waals surface area contributed by atoms with Crippen LogP contribution in [0.2, 0.25) is 0 Å². The normalized spacial score (nSPS) is 10.4. The highest BCUT2D eigenvalue weighted by Gasteiger charge is 2.06. The van der Waals surface area contributed by atoms with E-state index in [0.29, 0.717) is 5.56 Å². The number of hydrogen-bond donors (Lipinski definition) is 0. The Morgan fingerprint density at radius 3 is 2.69 bits per heavy atom. The van der Waals surface area contributed by atoms with Crippen LogP contribution in [0.25, 0.3) is 5.69 Å². The molecule has 0 N–H and O–H groups in total. The van der Waals surface area contributed by atoms with Crippen LogP contribution in [0, 0.1) is 13.8 Å². The average molecular weight is 214 g/mol. The molecule has 1 aromatic carbocycles. The van der Waals surface area contributed by atoms with Gasteiger partial charge < -0.3 is 0 Å². The lowest BCUT2D eigenvalue weighted by Crippen LogP contribution is -1.98. The first-order valence-corrected chi connectivity index (χ1v) is 5.21. The molecular formula is C13H14N2O. The molecule has 0 aliphatic heterocycles. The lowest BCUT2D eigenvalue weighted by atomic mass is 10.1. The SMILES string of the molecule is CC(=O)c1cnn(-c2cc(C)ccc2C)c1. The van der Waals surface area contributed by atoms with Gasteiger partial charge in [-0.2, -0.15) is 5.10 Å².